The van der Waals surface area contributed by atoms with Crippen LogP contribution in [0.1, 0.15) is 35.3 Å². The molecule has 1 amide bonds. The molecule has 1 aliphatic heterocycles. The number of benzene rings is 1. The zero-order valence-electron chi connectivity index (χ0n) is 16.5. The maximum absolute atomic E-state index is 12.9. The second-order valence-electron chi connectivity index (χ2n) is 7.92. The first-order valence-corrected chi connectivity index (χ1v) is 11.4. The monoisotopic (exact) mass is 406 g/mol. The number of carbonyl (C=O) groups is 1. The average Bonchev–Trinajstić information content (AvgIpc) is 3.54. The summed E-state index contributed by atoms with van der Waals surface area (Å²) in [6, 6.07) is 14.9. The van der Waals surface area contributed by atoms with Crippen molar-refractivity contribution in [3.8, 4) is 0 Å². The fourth-order valence-electron chi connectivity index (χ4n) is 4.04. The highest BCUT2D eigenvalue weighted by Crippen LogP contribution is 2.28. The predicted molar refractivity (Wildman–Crippen MR) is 116 cm³/mol. The molecule has 1 saturated carbocycles. The van der Waals surface area contributed by atoms with E-state index in [1.54, 1.807) is 11.8 Å². The summed E-state index contributed by atoms with van der Waals surface area (Å²) in [5.74, 6) is 0.984. The number of thioether (sulfide) groups is 1. The van der Waals surface area contributed by atoms with E-state index < -0.39 is 0 Å². The van der Waals surface area contributed by atoms with E-state index in [2.05, 4.69) is 28.2 Å². The number of rotatable bonds is 5. The topological polar surface area (TPSA) is 40.9 Å². The SMILES string of the molecule is O=C(c1ccc(SCc2cn3ccccc3n2)cc1)N1CCCN(C2CC2)CC1. The number of pyridine rings is 1. The van der Waals surface area contributed by atoms with Gasteiger partial charge in [-0.25, -0.2) is 4.98 Å². The number of amides is 1. The Balaban J connectivity index is 1.18. The minimum Gasteiger partial charge on any atom is -0.337 e. The molecule has 0 N–H and O–H groups in total. The van der Waals surface area contributed by atoms with E-state index in [9.17, 15) is 4.79 Å². The van der Waals surface area contributed by atoms with E-state index in [4.69, 9.17) is 0 Å². The standard InChI is InChI=1S/C23H26N4OS/c28-23(26-13-3-12-25(14-15-26)20-7-8-20)18-5-9-21(10-6-18)29-17-19-16-27-11-2-1-4-22(27)24-19/h1-2,4-6,9-11,16,20H,3,7-8,12-15,17H2. The normalized spacial score (nSPS) is 18.1. The summed E-state index contributed by atoms with van der Waals surface area (Å²) in [6.07, 6.45) is 7.84. The van der Waals surface area contributed by atoms with Gasteiger partial charge in [0.1, 0.15) is 5.65 Å². The molecule has 5 rings (SSSR count). The minimum atomic E-state index is 0.166. The summed E-state index contributed by atoms with van der Waals surface area (Å²) in [7, 11) is 0. The summed E-state index contributed by atoms with van der Waals surface area (Å²) in [6.45, 7) is 3.86. The highest BCUT2D eigenvalue weighted by atomic mass is 32.2. The van der Waals surface area contributed by atoms with Gasteiger partial charge in [-0.05, 0) is 55.7 Å². The quantitative estimate of drug-likeness (QED) is 0.602. The molecular weight excluding hydrogens is 380 g/mol. The van der Waals surface area contributed by atoms with Crippen molar-refractivity contribution >= 4 is 23.3 Å². The molecule has 2 fully saturated rings. The van der Waals surface area contributed by atoms with Crippen LogP contribution >= 0.6 is 11.8 Å². The molecule has 3 aromatic rings. The lowest BCUT2D eigenvalue weighted by molar-refractivity contribution is 0.0761. The first-order valence-electron chi connectivity index (χ1n) is 10.4. The number of nitrogens with zero attached hydrogens (tertiary/aromatic N) is 4. The van der Waals surface area contributed by atoms with Crippen LogP contribution in [-0.4, -0.2) is 57.3 Å². The fraction of sp³-hybridized carbons (Fsp3) is 0.391. The van der Waals surface area contributed by atoms with E-state index in [0.717, 1.165) is 66.2 Å². The summed E-state index contributed by atoms with van der Waals surface area (Å²) < 4.78 is 2.04. The van der Waals surface area contributed by atoms with Gasteiger partial charge in [0, 0.05) is 60.8 Å². The van der Waals surface area contributed by atoms with Crippen LogP contribution in [-0.2, 0) is 5.75 Å². The van der Waals surface area contributed by atoms with Crippen LogP contribution in [0.4, 0.5) is 0 Å². The molecule has 0 radical (unpaired) electrons. The molecule has 1 aliphatic carbocycles. The molecule has 6 heteroatoms. The maximum atomic E-state index is 12.9. The number of hydrogen-bond acceptors (Lipinski definition) is 4. The van der Waals surface area contributed by atoms with Crippen LogP contribution in [0.15, 0.2) is 59.8 Å². The molecule has 5 nitrogen and oxygen atoms in total. The zero-order valence-corrected chi connectivity index (χ0v) is 17.4. The number of imidazole rings is 1. The highest BCUT2D eigenvalue weighted by Gasteiger charge is 2.30. The number of fused-ring (bicyclic) bond motifs is 1. The summed E-state index contributed by atoms with van der Waals surface area (Å²) >= 11 is 1.75. The van der Waals surface area contributed by atoms with Gasteiger partial charge < -0.3 is 9.30 Å². The van der Waals surface area contributed by atoms with Gasteiger partial charge in [-0.15, -0.1) is 11.8 Å². The van der Waals surface area contributed by atoms with Crippen molar-refractivity contribution in [1.29, 1.82) is 0 Å². The van der Waals surface area contributed by atoms with Crippen molar-refractivity contribution < 1.29 is 4.79 Å². The van der Waals surface area contributed by atoms with Crippen molar-refractivity contribution in [3.05, 3.63) is 66.1 Å². The molecule has 1 saturated heterocycles. The van der Waals surface area contributed by atoms with Crippen molar-refractivity contribution in [3.63, 3.8) is 0 Å². The number of carbonyl (C=O) groups excluding carboxylic acids is 1. The Labute approximate surface area is 175 Å². The molecular formula is C23H26N4OS. The van der Waals surface area contributed by atoms with Crippen LogP contribution in [0.3, 0.4) is 0 Å². The molecule has 0 bridgehead atoms. The van der Waals surface area contributed by atoms with Crippen molar-refractivity contribution in [1.82, 2.24) is 19.2 Å². The van der Waals surface area contributed by atoms with Crippen LogP contribution < -0.4 is 0 Å². The Hall–Kier alpha value is -2.31. The van der Waals surface area contributed by atoms with Gasteiger partial charge in [0.05, 0.1) is 5.69 Å². The lowest BCUT2D eigenvalue weighted by atomic mass is 10.2. The zero-order chi connectivity index (χ0) is 19.6. The molecule has 150 valence electrons. The van der Waals surface area contributed by atoms with Crippen LogP contribution in [0.5, 0.6) is 0 Å². The molecule has 2 aromatic heterocycles. The second-order valence-corrected chi connectivity index (χ2v) is 8.97. The molecule has 2 aliphatic rings. The second kappa shape index (κ2) is 8.20. The van der Waals surface area contributed by atoms with Crippen LogP contribution in [0.25, 0.3) is 5.65 Å². The Morgan fingerprint density at radius 3 is 2.69 bits per heavy atom. The number of hydrogen-bond donors (Lipinski definition) is 0. The van der Waals surface area contributed by atoms with Gasteiger partial charge in [0.15, 0.2) is 0 Å². The fourth-order valence-corrected chi connectivity index (χ4v) is 4.82. The Morgan fingerprint density at radius 1 is 1.03 bits per heavy atom. The van der Waals surface area contributed by atoms with Gasteiger partial charge in [-0.2, -0.15) is 0 Å². The van der Waals surface area contributed by atoms with E-state index >= 15 is 0 Å². The lowest BCUT2D eigenvalue weighted by Gasteiger charge is -2.22. The Morgan fingerprint density at radius 2 is 1.90 bits per heavy atom. The average molecular weight is 407 g/mol. The smallest absolute Gasteiger partial charge is 0.253 e. The summed E-state index contributed by atoms with van der Waals surface area (Å²) in [5.41, 5.74) is 2.83. The van der Waals surface area contributed by atoms with E-state index in [1.165, 1.54) is 12.8 Å². The molecule has 0 unspecified atom stereocenters. The third-order valence-electron chi connectivity index (χ3n) is 5.78. The minimum absolute atomic E-state index is 0.166. The van der Waals surface area contributed by atoms with Gasteiger partial charge in [-0.3, -0.25) is 9.69 Å². The summed E-state index contributed by atoms with van der Waals surface area (Å²) in [4.78, 5) is 23.3. The largest absolute Gasteiger partial charge is 0.337 e. The third-order valence-corrected chi connectivity index (χ3v) is 6.83. The predicted octanol–water partition coefficient (Wildman–Crippen LogP) is 3.94. The molecule has 0 spiro atoms. The van der Waals surface area contributed by atoms with Gasteiger partial charge in [0.25, 0.3) is 5.91 Å². The van der Waals surface area contributed by atoms with Gasteiger partial charge >= 0.3 is 0 Å². The Kier molecular flexibility index (Phi) is 5.29. The first-order chi connectivity index (χ1) is 14.3. The van der Waals surface area contributed by atoms with Crippen LogP contribution in [0.2, 0.25) is 0 Å². The van der Waals surface area contributed by atoms with E-state index in [-0.39, 0.29) is 5.91 Å². The van der Waals surface area contributed by atoms with Crippen molar-refractivity contribution in [2.75, 3.05) is 26.2 Å². The van der Waals surface area contributed by atoms with E-state index in [0.29, 0.717) is 0 Å². The first kappa shape index (κ1) is 18.7. The lowest BCUT2D eigenvalue weighted by Crippen LogP contribution is -2.35. The highest BCUT2D eigenvalue weighted by molar-refractivity contribution is 7.98. The van der Waals surface area contributed by atoms with Crippen molar-refractivity contribution in [2.24, 2.45) is 0 Å². The summed E-state index contributed by atoms with van der Waals surface area (Å²) in [5, 5.41) is 0. The van der Waals surface area contributed by atoms with Crippen LogP contribution in [0, 0.1) is 0 Å². The molecule has 1 aromatic carbocycles. The molecule has 3 heterocycles. The van der Waals surface area contributed by atoms with Gasteiger partial charge in [-0.1, -0.05) is 6.07 Å². The molecule has 29 heavy (non-hydrogen) atoms. The Bertz CT molecular complexity index is 963. The van der Waals surface area contributed by atoms with Gasteiger partial charge in [0.2, 0.25) is 0 Å². The van der Waals surface area contributed by atoms with E-state index in [1.807, 2.05) is 45.8 Å². The maximum Gasteiger partial charge on any atom is 0.253 e. The number of aromatic nitrogens is 2. The molecule has 0 atom stereocenters. The third kappa shape index (κ3) is 4.33. The van der Waals surface area contributed by atoms with Crippen molar-refractivity contribution in [2.45, 2.75) is 36.0 Å².